The Morgan fingerprint density at radius 3 is 2.35 bits per heavy atom. The minimum atomic E-state index is 0. The molecule has 0 radical (unpaired) electrons. The summed E-state index contributed by atoms with van der Waals surface area (Å²) < 4.78 is 5.27. The van der Waals surface area contributed by atoms with Crippen molar-refractivity contribution in [1.82, 2.24) is 20.5 Å². The van der Waals surface area contributed by atoms with Crippen LogP contribution in [-0.2, 0) is 0 Å². The lowest BCUT2D eigenvalue weighted by Crippen LogP contribution is -2.62. The average Bonchev–Trinajstić information content (AvgIpc) is 2.76. The highest BCUT2D eigenvalue weighted by atomic mass is 35.5. The topological polar surface area (TPSA) is 83.4 Å². The Morgan fingerprint density at radius 1 is 1.03 bits per heavy atom. The third kappa shape index (κ3) is 5.42. The summed E-state index contributed by atoms with van der Waals surface area (Å²) in [6.07, 6.45) is 3.72. The maximum atomic E-state index is 10.7. The van der Waals surface area contributed by atoms with E-state index >= 15 is 0 Å². The zero-order chi connectivity index (χ0) is 23.8. The van der Waals surface area contributed by atoms with Crippen LogP contribution in [0, 0.1) is 0 Å². The summed E-state index contributed by atoms with van der Waals surface area (Å²) in [6, 6.07) is 13.4. The van der Waals surface area contributed by atoms with Gasteiger partial charge in [0.1, 0.15) is 5.75 Å². The van der Waals surface area contributed by atoms with Crippen LogP contribution < -0.4 is 15.0 Å². The molecule has 0 atom stereocenters. The predicted molar refractivity (Wildman–Crippen MR) is 139 cm³/mol. The number of pyridine rings is 1. The molecule has 3 aromatic rings. The molecule has 0 unspecified atom stereocenters. The minimum Gasteiger partial charge on any atom is -0.507 e. The van der Waals surface area contributed by atoms with E-state index in [1.165, 1.54) is 0 Å². The summed E-state index contributed by atoms with van der Waals surface area (Å²) in [7, 11) is 3.67. The Balaban J connectivity index is 0.00000324. The van der Waals surface area contributed by atoms with Gasteiger partial charge in [0, 0.05) is 36.4 Å². The smallest absolute Gasteiger partial charge is 0.213 e. The van der Waals surface area contributed by atoms with Gasteiger partial charge < -0.3 is 20.1 Å². The predicted octanol–water partition coefficient (Wildman–Crippen LogP) is 5.09. The molecule has 0 spiro atoms. The number of anilines is 1. The van der Waals surface area contributed by atoms with Crippen molar-refractivity contribution in [1.29, 1.82) is 0 Å². The van der Waals surface area contributed by atoms with E-state index in [2.05, 4.69) is 60.1 Å². The molecule has 8 heteroatoms. The monoisotopic (exact) mass is 483 g/mol. The standard InChI is InChI=1S/C26H33N5O2.ClH/c1-25(2)15-18(16-26(3,4)30-25)31(5)22-11-10-20(28-29-22)24-19(8-7-9-21(24)32)17-12-13-27-23(14-17)33-6;/h7-14,18,30,32H,15-16H2,1-6H3;1H. The molecule has 2 aromatic heterocycles. The van der Waals surface area contributed by atoms with Crippen molar-refractivity contribution < 1.29 is 9.84 Å². The normalized spacial score (nSPS) is 17.0. The van der Waals surface area contributed by atoms with E-state index in [1.54, 1.807) is 19.4 Å². The third-order valence-corrected chi connectivity index (χ3v) is 6.28. The Kier molecular flexibility index (Phi) is 7.38. The van der Waals surface area contributed by atoms with Crippen LogP contribution in [-0.4, -0.2) is 51.6 Å². The number of halogens is 1. The minimum absolute atomic E-state index is 0. The number of aromatic nitrogens is 3. The molecule has 0 amide bonds. The first-order valence-corrected chi connectivity index (χ1v) is 11.3. The summed E-state index contributed by atoms with van der Waals surface area (Å²) in [5.74, 6) is 1.48. The maximum Gasteiger partial charge on any atom is 0.213 e. The fourth-order valence-corrected chi connectivity index (χ4v) is 5.11. The highest BCUT2D eigenvalue weighted by Gasteiger charge is 2.39. The van der Waals surface area contributed by atoms with Gasteiger partial charge in [0.25, 0.3) is 0 Å². The van der Waals surface area contributed by atoms with Gasteiger partial charge in [0.15, 0.2) is 5.82 Å². The van der Waals surface area contributed by atoms with E-state index in [0.29, 0.717) is 23.2 Å². The van der Waals surface area contributed by atoms with Crippen molar-refractivity contribution in [3.05, 3.63) is 48.7 Å². The summed E-state index contributed by atoms with van der Waals surface area (Å²) in [4.78, 5) is 6.40. The van der Waals surface area contributed by atoms with Crippen LogP contribution in [0.4, 0.5) is 5.82 Å². The van der Waals surface area contributed by atoms with Crippen molar-refractivity contribution >= 4 is 18.2 Å². The number of rotatable bonds is 5. The first-order valence-electron chi connectivity index (χ1n) is 11.3. The largest absolute Gasteiger partial charge is 0.507 e. The van der Waals surface area contributed by atoms with Crippen molar-refractivity contribution in [2.45, 2.75) is 57.7 Å². The van der Waals surface area contributed by atoms with Crippen LogP contribution in [0.25, 0.3) is 22.4 Å². The van der Waals surface area contributed by atoms with Gasteiger partial charge in [-0.15, -0.1) is 22.6 Å². The van der Waals surface area contributed by atoms with Crippen LogP contribution in [0.1, 0.15) is 40.5 Å². The van der Waals surface area contributed by atoms with Gasteiger partial charge in [-0.3, -0.25) is 0 Å². The van der Waals surface area contributed by atoms with Crippen molar-refractivity contribution in [3.63, 3.8) is 0 Å². The van der Waals surface area contributed by atoms with Gasteiger partial charge in [-0.05, 0) is 75.9 Å². The SMILES string of the molecule is COc1cc(-c2cccc(O)c2-c2ccc(N(C)C3CC(C)(C)NC(C)(C)C3)nn2)ccn1.Cl. The van der Waals surface area contributed by atoms with Gasteiger partial charge in [-0.2, -0.15) is 0 Å². The van der Waals surface area contributed by atoms with E-state index < -0.39 is 0 Å². The van der Waals surface area contributed by atoms with Crippen LogP contribution in [0.5, 0.6) is 11.6 Å². The van der Waals surface area contributed by atoms with Crippen molar-refractivity contribution in [2.75, 3.05) is 19.1 Å². The lowest BCUT2D eigenvalue weighted by molar-refractivity contribution is 0.160. The van der Waals surface area contributed by atoms with Crippen molar-refractivity contribution in [2.24, 2.45) is 0 Å². The maximum absolute atomic E-state index is 10.7. The molecule has 2 N–H and O–H groups in total. The highest BCUT2D eigenvalue weighted by Crippen LogP contribution is 2.39. The summed E-state index contributed by atoms with van der Waals surface area (Å²) in [5.41, 5.74) is 3.07. The molecular weight excluding hydrogens is 450 g/mol. The highest BCUT2D eigenvalue weighted by molar-refractivity contribution is 5.86. The fraction of sp³-hybridized carbons (Fsp3) is 0.423. The molecule has 3 heterocycles. The molecule has 0 bridgehead atoms. The van der Waals surface area contributed by atoms with Crippen LogP contribution in [0.2, 0.25) is 0 Å². The number of methoxy groups -OCH3 is 1. The lowest BCUT2D eigenvalue weighted by atomic mass is 9.79. The van der Waals surface area contributed by atoms with Gasteiger partial charge in [0.05, 0.1) is 18.4 Å². The van der Waals surface area contributed by atoms with E-state index in [4.69, 9.17) is 4.74 Å². The van der Waals surface area contributed by atoms with E-state index in [1.807, 2.05) is 36.4 Å². The Morgan fingerprint density at radius 2 is 1.74 bits per heavy atom. The van der Waals surface area contributed by atoms with E-state index in [-0.39, 0.29) is 29.2 Å². The van der Waals surface area contributed by atoms with Crippen LogP contribution in [0.15, 0.2) is 48.7 Å². The lowest BCUT2D eigenvalue weighted by Gasteiger charge is -2.49. The van der Waals surface area contributed by atoms with Crippen LogP contribution in [0.3, 0.4) is 0 Å². The molecule has 0 aliphatic carbocycles. The Bertz CT molecular complexity index is 1120. The van der Waals surface area contributed by atoms with Gasteiger partial charge in [-0.1, -0.05) is 12.1 Å². The molecule has 0 saturated carbocycles. The molecule has 1 aliphatic rings. The number of benzene rings is 1. The number of piperidine rings is 1. The second-order valence-electron chi connectivity index (χ2n) is 10.1. The second kappa shape index (κ2) is 9.76. The molecular formula is C26H34ClN5O2. The zero-order valence-corrected chi connectivity index (χ0v) is 21.5. The van der Waals surface area contributed by atoms with E-state index in [0.717, 1.165) is 29.8 Å². The first-order chi connectivity index (χ1) is 15.6. The Hall–Kier alpha value is -2.90. The summed E-state index contributed by atoms with van der Waals surface area (Å²) in [5, 5.41) is 23.5. The molecule has 1 fully saturated rings. The molecule has 34 heavy (non-hydrogen) atoms. The molecule has 1 saturated heterocycles. The number of nitrogens with zero attached hydrogens (tertiary/aromatic N) is 4. The molecule has 7 nitrogen and oxygen atoms in total. The van der Waals surface area contributed by atoms with Gasteiger partial charge >= 0.3 is 0 Å². The summed E-state index contributed by atoms with van der Waals surface area (Å²) >= 11 is 0. The zero-order valence-electron chi connectivity index (χ0n) is 20.7. The number of phenols is 1. The molecule has 1 aromatic carbocycles. The second-order valence-corrected chi connectivity index (χ2v) is 10.1. The van der Waals surface area contributed by atoms with Gasteiger partial charge in [-0.25, -0.2) is 4.98 Å². The first kappa shape index (κ1) is 25.7. The number of hydrogen-bond donors (Lipinski definition) is 2. The van der Waals surface area contributed by atoms with Crippen molar-refractivity contribution in [3.8, 4) is 34.0 Å². The number of nitrogens with one attached hydrogen (secondary N) is 1. The summed E-state index contributed by atoms with van der Waals surface area (Å²) in [6.45, 7) is 8.99. The third-order valence-electron chi connectivity index (χ3n) is 6.28. The van der Waals surface area contributed by atoms with E-state index in [9.17, 15) is 5.11 Å². The molecule has 1 aliphatic heterocycles. The number of aromatic hydroxyl groups is 1. The molecule has 182 valence electrons. The fourth-order valence-electron chi connectivity index (χ4n) is 5.11. The number of ether oxygens (including phenoxy) is 1. The average molecular weight is 484 g/mol. The number of phenolic OH excluding ortho intramolecular Hbond substituents is 1. The van der Waals surface area contributed by atoms with Gasteiger partial charge in [0.2, 0.25) is 5.88 Å². The Labute approximate surface area is 208 Å². The number of hydrogen-bond acceptors (Lipinski definition) is 7. The molecule has 4 rings (SSSR count). The van der Waals surface area contributed by atoms with Crippen LogP contribution >= 0.6 is 12.4 Å². The quantitative estimate of drug-likeness (QED) is 0.523.